The Morgan fingerprint density at radius 2 is 1.68 bits per heavy atom. The average molecular weight is 420 g/mol. The fourth-order valence-corrected chi connectivity index (χ4v) is 3.63. The van der Waals surface area contributed by atoms with Crippen molar-refractivity contribution in [2.24, 2.45) is 10.2 Å². The standard InChI is InChI=1S/C18H16N2O6S2/c1-10-3-4-13(7-11(10)2)19-20-17-15-6-5-14(28(24,25)26)8-12(15)9-16(18(17)21)27(22)23/h3-9,21H,1-2H3,(H,22,23)(H,24,25,26). The number of aromatic hydroxyl groups is 1. The third-order valence-corrected chi connectivity index (χ3v) is 5.80. The molecule has 0 bridgehead atoms. The molecule has 0 aliphatic carbocycles. The Bertz CT molecular complexity index is 1250. The third-order valence-electron chi connectivity index (χ3n) is 4.26. The van der Waals surface area contributed by atoms with Gasteiger partial charge in [0.15, 0.2) is 16.8 Å². The summed E-state index contributed by atoms with van der Waals surface area (Å²) in [5.41, 5.74) is 2.49. The minimum Gasteiger partial charge on any atom is -0.504 e. The minimum absolute atomic E-state index is 0.0879. The van der Waals surface area contributed by atoms with Crippen molar-refractivity contribution in [2.75, 3.05) is 0 Å². The Balaban J connectivity index is 2.24. The van der Waals surface area contributed by atoms with E-state index in [2.05, 4.69) is 10.2 Å². The highest BCUT2D eigenvalue weighted by Crippen LogP contribution is 2.41. The van der Waals surface area contributed by atoms with Crippen molar-refractivity contribution in [3.63, 3.8) is 0 Å². The molecule has 8 nitrogen and oxygen atoms in total. The zero-order chi connectivity index (χ0) is 20.6. The fraction of sp³-hybridized carbons (Fsp3) is 0.111. The van der Waals surface area contributed by atoms with Crippen LogP contribution in [0.3, 0.4) is 0 Å². The SMILES string of the molecule is Cc1ccc(N=Nc2c(O)c(S(=O)O)cc3cc(S(=O)(=O)O)ccc23)cc1C. The van der Waals surface area contributed by atoms with Gasteiger partial charge >= 0.3 is 0 Å². The quantitative estimate of drug-likeness (QED) is 0.325. The summed E-state index contributed by atoms with van der Waals surface area (Å²) in [4.78, 5) is -0.744. The van der Waals surface area contributed by atoms with Crippen molar-refractivity contribution in [1.29, 1.82) is 0 Å². The molecule has 28 heavy (non-hydrogen) atoms. The molecule has 1 atom stereocenters. The lowest BCUT2D eigenvalue weighted by atomic mass is 10.1. The smallest absolute Gasteiger partial charge is 0.294 e. The second-order valence-corrected chi connectivity index (χ2v) is 8.51. The summed E-state index contributed by atoms with van der Waals surface area (Å²) in [6, 6.07) is 10.1. The van der Waals surface area contributed by atoms with Crippen LogP contribution in [0.4, 0.5) is 11.4 Å². The maximum Gasteiger partial charge on any atom is 0.294 e. The van der Waals surface area contributed by atoms with Gasteiger partial charge in [-0.05, 0) is 60.7 Å². The Morgan fingerprint density at radius 1 is 0.964 bits per heavy atom. The van der Waals surface area contributed by atoms with E-state index in [0.717, 1.165) is 29.3 Å². The highest BCUT2D eigenvalue weighted by Gasteiger charge is 2.19. The molecule has 0 aromatic heterocycles. The van der Waals surface area contributed by atoms with E-state index in [1.54, 1.807) is 12.1 Å². The van der Waals surface area contributed by atoms with Crippen molar-refractivity contribution < 1.29 is 26.8 Å². The van der Waals surface area contributed by atoms with Crippen LogP contribution in [0.2, 0.25) is 0 Å². The molecule has 0 heterocycles. The molecule has 0 saturated carbocycles. The minimum atomic E-state index is -4.47. The largest absolute Gasteiger partial charge is 0.504 e. The molecular weight excluding hydrogens is 404 g/mol. The topological polar surface area (TPSA) is 137 Å². The van der Waals surface area contributed by atoms with Gasteiger partial charge in [-0.25, -0.2) is 4.21 Å². The number of nitrogens with zero attached hydrogens (tertiary/aromatic N) is 2. The number of phenols is 1. The molecule has 0 saturated heterocycles. The first kappa shape index (κ1) is 20.1. The molecule has 146 valence electrons. The van der Waals surface area contributed by atoms with Crippen LogP contribution >= 0.6 is 0 Å². The molecule has 3 aromatic rings. The van der Waals surface area contributed by atoms with Crippen LogP contribution in [0, 0.1) is 13.8 Å². The van der Waals surface area contributed by atoms with Crippen molar-refractivity contribution >= 4 is 43.3 Å². The van der Waals surface area contributed by atoms with Crippen LogP contribution in [-0.4, -0.2) is 26.8 Å². The first-order valence-corrected chi connectivity index (χ1v) is 10.5. The van der Waals surface area contributed by atoms with Crippen LogP contribution in [0.1, 0.15) is 11.1 Å². The first-order chi connectivity index (χ1) is 13.1. The Kier molecular flexibility index (Phi) is 5.31. The molecule has 0 spiro atoms. The third kappa shape index (κ3) is 3.94. The summed E-state index contributed by atoms with van der Waals surface area (Å²) in [6.07, 6.45) is 0. The van der Waals surface area contributed by atoms with Gasteiger partial charge in [-0.3, -0.25) is 4.55 Å². The van der Waals surface area contributed by atoms with E-state index < -0.39 is 31.8 Å². The van der Waals surface area contributed by atoms with E-state index in [9.17, 15) is 26.8 Å². The molecule has 0 radical (unpaired) electrons. The van der Waals surface area contributed by atoms with Crippen LogP contribution in [-0.2, 0) is 21.2 Å². The van der Waals surface area contributed by atoms with Gasteiger partial charge in [0.2, 0.25) is 0 Å². The van der Waals surface area contributed by atoms with Gasteiger partial charge in [-0.2, -0.15) is 13.5 Å². The van der Waals surface area contributed by atoms with Crippen LogP contribution in [0.5, 0.6) is 5.75 Å². The number of azo groups is 1. The fourth-order valence-electron chi connectivity index (χ4n) is 2.62. The number of fused-ring (bicyclic) bond motifs is 1. The Labute approximate surface area is 163 Å². The van der Waals surface area contributed by atoms with Crippen LogP contribution < -0.4 is 0 Å². The van der Waals surface area contributed by atoms with E-state index in [0.29, 0.717) is 11.1 Å². The summed E-state index contributed by atoms with van der Waals surface area (Å²) in [7, 11) is -4.47. The highest BCUT2D eigenvalue weighted by molar-refractivity contribution is 7.85. The van der Waals surface area contributed by atoms with E-state index in [1.165, 1.54) is 6.07 Å². The zero-order valence-electron chi connectivity index (χ0n) is 14.8. The molecule has 1 unspecified atom stereocenters. The zero-order valence-corrected chi connectivity index (χ0v) is 16.5. The number of rotatable bonds is 4. The van der Waals surface area contributed by atoms with E-state index in [1.807, 2.05) is 19.9 Å². The van der Waals surface area contributed by atoms with Gasteiger partial charge < -0.3 is 9.66 Å². The van der Waals surface area contributed by atoms with Gasteiger partial charge in [0, 0.05) is 5.39 Å². The normalized spacial score (nSPS) is 13.3. The van der Waals surface area contributed by atoms with Crippen molar-refractivity contribution in [2.45, 2.75) is 23.6 Å². The average Bonchev–Trinajstić information content (AvgIpc) is 2.62. The Morgan fingerprint density at radius 3 is 2.29 bits per heavy atom. The van der Waals surface area contributed by atoms with Gasteiger partial charge in [-0.15, -0.1) is 5.11 Å². The summed E-state index contributed by atoms with van der Waals surface area (Å²) in [5.74, 6) is -0.541. The number of benzene rings is 3. The van der Waals surface area contributed by atoms with E-state index >= 15 is 0 Å². The summed E-state index contributed by atoms with van der Waals surface area (Å²) >= 11 is -2.55. The number of aryl methyl sites for hydroxylation is 2. The molecule has 3 rings (SSSR count). The Hall–Kier alpha value is -2.66. The lowest BCUT2D eigenvalue weighted by Gasteiger charge is -2.09. The van der Waals surface area contributed by atoms with Crippen LogP contribution in [0.25, 0.3) is 10.8 Å². The van der Waals surface area contributed by atoms with Crippen molar-refractivity contribution in [3.05, 3.63) is 53.6 Å². The molecule has 0 aliphatic heterocycles. The molecule has 3 aromatic carbocycles. The predicted octanol–water partition coefficient (Wildman–Crippen LogP) is 4.40. The van der Waals surface area contributed by atoms with Gasteiger partial charge in [-0.1, -0.05) is 12.1 Å². The first-order valence-electron chi connectivity index (χ1n) is 7.95. The maximum absolute atomic E-state index is 11.6. The number of phenolic OH excluding ortho intramolecular Hbond substituents is 1. The second-order valence-electron chi connectivity index (χ2n) is 6.15. The molecule has 3 N–H and O–H groups in total. The van der Waals surface area contributed by atoms with Crippen LogP contribution in [0.15, 0.2) is 62.5 Å². The van der Waals surface area contributed by atoms with Crippen molar-refractivity contribution in [3.8, 4) is 5.75 Å². The monoisotopic (exact) mass is 420 g/mol. The highest BCUT2D eigenvalue weighted by atomic mass is 32.2. The van der Waals surface area contributed by atoms with Gasteiger partial charge in [0.1, 0.15) is 10.6 Å². The molecule has 10 heteroatoms. The summed E-state index contributed by atoms with van der Waals surface area (Å²) in [5, 5.41) is 19.0. The van der Waals surface area contributed by atoms with Crippen molar-refractivity contribution in [1.82, 2.24) is 0 Å². The molecule has 0 amide bonds. The number of hydrogen-bond acceptors (Lipinski definition) is 6. The maximum atomic E-state index is 11.6. The summed E-state index contributed by atoms with van der Waals surface area (Å²) in [6.45, 7) is 3.86. The van der Waals surface area contributed by atoms with Gasteiger partial charge in [0.25, 0.3) is 10.1 Å². The molecule has 0 aliphatic rings. The van der Waals surface area contributed by atoms with E-state index in [4.69, 9.17) is 0 Å². The predicted molar refractivity (Wildman–Crippen MR) is 105 cm³/mol. The van der Waals surface area contributed by atoms with E-state index in [-0.39, 0.29) is 16.0 Å². The lowest BCUT2D eigenvalue weighted by molar-refractivity contribution is 0.459. The van der Waals surface area contributed by atoms with Gasteiger partial charge in [0.05, 0.1) is 10.6 Å². The molecular formula is C18H16N2O6S2. The number of hydrogen-bond donors (Lipinski definition) is 3. The lowest BCUT2D eigenvalue weighted by Crippen LogP contribution is -1.98. The summed E-state index contributed by atoms with van der Waals surface area (Å²) < 4.78 is 53.0. The second kappa shape index (κ2) is 7.40. The molecule has 0 fully saturated rings.